The Morgan fingerprint density at radius 1 is 1.17 bits per heavy atom. The van der Waals surface area contributed by atoms with Crippen molar-refractivity contribution >= 4 is 17.3 Å². The number of anilines is 1. The van der Waals surface area contributed by atoms with Gasteiger partial charge in [0.1, 0.15) is 5.75 Å². The molecular formula is C16H12ClF3N2O. The molecule has 2 aromatic rings. The standard InChI is InChI=1S/C16H12ClF3N2O/c17-14-8-10(1-6-15(14)23-16(18,19)20)7-12(9-21)11-2-4-13(22)5-3-11/h1-6,8,12H,7,22H2. The van der Waals surface area contributed by atoms with Crippen LogP contribution in [0.5, 0.6) is 5.75 Å². The maximum atomic E-state index is 12.2. The lowest BCUT2D eigenvalue weighted by molar-refractivity contribution is -0.274. The fourth-order valence-electron chi connectivity index (χ4n) is 2.08. The van der Waals surface area contributed by atoms with Crippen LogP contribution in [0.2, 0.25) is 5.02 Å². The molecule has 0 saturated heterocycles. The molecule has 120 valence electrons. The van der Waals surface area contributed by atoms with Gasteiger partial charge in [-0.05, 0) is 41.8 Å². The van der Waals surface area contributed by atoms with E-state index in [1.54, 1.807) is 24.3 Å². The molecule has 0 bridgehead atoms. The van der Waals surface area contributed by atoms with Gasteiger partial charge in [-0.1, -0.05) is 29.8 Å². The Morgan fingerprint density at radius 3 is 2.35 bits per heavy atom. The van der Waals surface area contributed by atoms with Gasteiger partial charge in [0.15, 0.2) is 0 Å². The Labute approximate surface area is 136 Å². The second-order valence-corrected chi connectivity index (χ2v) is 5.27. The number of nitrogens with two attached hydrogens (primary N) is 1. The van der Waals surface area contributed by atoms with Crippen molar-refractivity contribution in [2.24, 2.45) is 0 Å². The zero-order chi connectivity index (χ0) is 17.0. The Balaban J connectivity index is 2.17. The summed E-state index contributed by atoms with van der Waals surface area (Å²) < 4.78 is 40.4. The lowest BCUT2D eigenvalue weighted by Gasteiger charge is -2.13. The molecule has 0 fully saturated rings. The van der Waals surface area contributed by atoms with E-state index < -0.39 is 18.0 Å². The van der Waals surface area contributed by atoms with Crippen LogP contribution in [0.1, 0.15) is 17.0 Å². The molecule has 23 heavy (non-hydrogen) atoms. The summed E-state index contributed by atoms with van der Waals surface area (Å²) in [6.07, 6.45) is -4.49. The van der Waals surface area contributed by atoms with Crippen molar-refractivity contribution in [3.05, 3.63) is 58.6 Å². The van der Waals surface area contributed by atoms with Crippen LogP contribution in [-0.2, 0) is 6.42 Å². The van der Waals surface area contributed by atoms with Gasteiger partial charge in [0.05, 0.1) is 17.0 Å². The molecule has 0 radical (unpaired) electrons. The van der Waals surface area contributed by atoms with Gasteiger partial charge < -0.3 is 10.5 Å². The summed E-state index contributed by atoms with van der Waals surface area (Å²) in [6.45, 7) is 0. The van der Waals surface area contributed by atoms with E-state index in [4.69, 9.17) is 17.3 Å². The van der Waals surface area contributed by atoms with Crippen molar-refractivity contribution in [1.82, 2.24) is 0 Å². The minimum absolute atomic E-state index is 0.158. The summed E-state index contributed by atoms with van der Waals surface area (Å²) in [5.74, 6) is -0.926. The first-order valence-electron chi connectivity index (χ1n) is 6.58. The maximum Gasteiger partial charge on any atom is 0.573 e. The highest BCUT2D eigenvalue weighted by atomic mass is 35.5. The van der Waals surface area contributed by atoms with E-state index in [0.717, 1.165) is 11.6 Å². The van der Waals surface area contributed by atoms with Crippen LogP contribution in [0.15, 0.2) is 42.5 Å². The Bertz CT molecular complexity index is 724. The molecule has 1 unspecified atom stereocenters. The molecule has 2 aromatic carbocycles. The number of alkyl halides is 3. The van der Waals surface area contributed by atoms with Gasteiger partial charge in [-0.15, -0.1) is 13.2 Å². The Kier molecular flexibility index (Phi) is 5.02. The lowest BCUT2D eigenvalue weighted by Crippen LogP contribution is -2.17. The SMILES string of the molecule is N#CC(Cc1ccc(OC(F)(F)F)c(Cl)c1)c1ccc(N)cc1. The molecule has 0 amide bonds. The maximum absolute atomic E-state index is 12.2. The lowest BCUT2D eigenvalue weighted by atomic mass is 9.93. The van der Waals surface area contributed by atoms with Gasteiger partial charge in [-0.25, -0.2) is 0 Å². The van der Waals surface area contributed by atoms with Crippen molar-refractivity contribution < 1.29 is 17.9 Å². The second-order valence-electron chi connectivity index (χ2n) is 4.87. The summed E-state index contributed by atoms with van der Waals surface area (Å²) in [6, 6.07) is 13.0. The van der Waals surface area contributed by atoms with Crippen LogP contribution in [0.4, 0.5) is 18.9 Å². The van der Waals surface area contributed by atoms with Crippen LogP contribution < -0.4 is 10.5 Å². The van der Waals surface area contributed by atoms with Crippen LogP contribution in [0.3, 0.4) is 0 Å². The molecule has 0 aliphatic carbocycles. The molecule has 2 rings (SSSR count). The van der Waals surface area contributed by atoms with Gasteiger partial charge in [0.25, 0.3) is 0 Å². The first-order chi connectivity index (χ1) is 10.8. The van der Waals surface area contributed by atoms with E-state index in [9.17, 15) is 18.4 Å². The number of hydrogen-bond acceptors (Lipinski definition) is 3. The average molecular weight is 341 g/mol. The quantitative estimate of drug-likeness (QED) is 0.823. The number of halogens is 4. The molecule has 0 aromatic heterocycles. The third kappa shape index (κ3) is 4.80. The summed E-state index contributed by atoms with van der Waals surface area (Å²) in [4.78, 5) is 0. The number of ether oxygens (including phenoxy) is 1. The molecule has 1 atom stereocenters. The predicted octanol–water partition coefficient (Wildman–Crippen LogP) is 4.67. The molecule has 7 heteroatoms. The van der Waals surface area contributed by atoms with Crippen LogP contribution in [0, 0.1) is 11.3 Å². The first-order valence-corrected chi connectivity index (χ1v) is 6.95. The van der Waals surface area contributed by atoms with E-state index >= 15 is 0 Å². The van der Waals surface area contributed by atoms with E-state index in [1.807, 2.05) is 0 Å². The number of rotatable bonds is 4. The Hall–Kier alpha value is -2.39. The smallest absolute Gasteiger partial charge is 0.404 e. The monoisotopic (exact) mass is 340 g/mol. The highest BCUT2D eigenvalue weighted by molar-refractivity contribution is 6.32. The van der Waals surface area contributed by atoms with Gasteiger partial charge in [0.2, 0.25) is 0 Å². The summed E-state index contributed by atoms with van der Waals surface area (Å²) in [7, 11) is 0. The molecule has 0 spiro atoms. The summed E-state index contributed by atoms with van der Waals surface area (Å²) in [5, 5.41) is 9.14. The van der Waals surface area contributed by atoms with Gasteiger partial charge in [-0.2, -0.15) is 5.26 Å². The molecule has 2 N–H and O–H groups in total. The van der Waals surface area contributed by atoms with Crippen molar-refractivity contribution in [3.63, 3.8) is 0 Å². The molecule has 0 aliphatic rings. The topological polar surface area (TPSA) is 59.0 Å². The highest BCUT2D eigenvalue weighted by Gasteiger charge is 2.32. The van der Waals surface area contributed by atoms with Crippen molar-refractivity contribution in [3.8, 4) is 11.8 Å². The molecule has 0 saturated carbocycles. The van der Waals surface area contributed by atoms with Crippen LogP contribution in [0.25, 0.3) is 0 Å². The van der Waals surface area contributed by atoms with Crippen LogP contribution >= 0.6 is 11.6 Å². The third-order valence-electron chi connectivity index (χ3n) is 3.16. The second kappa shape index (κ2) is 6.80. The van der Waals surface area contributed by atoms with E-state index in [0.29, 0.717) is 17.7 Å². The van der Waals surface area contributed by atoms with E-state index in [2.05, 4.69) is 10.8 Å². The van der Waals surface area contributed by atoms with Gasteiger partial charge in [0, 0.05) is 5.69 Å². The summed E-state index contributed by atoms with van der Waals surface area (Å²) in [5.41, 5.74) is 7.59. The number of benzene rings is 2. The summed E-state index contributed by atoms with van der Waals surface area (Å²) >= 11 is 5.80. The van der Waals surface area contributed by atoms with Crippen molar-refractivity contribution in [2.75, 3.05) is 5.73 Å². The van der Waals surface area contributed by atoms with Gasteiger partial charge >= 0.3 is 6.36 Å². The van der Waals surface area contributed by atoms with E-state index in [-0.39, 0.29) is 5.02 Å². The molecule has 3 nitrogen and oxygen atoms in total. The molecular weight excluding hydrogens is 329 g/mol. The Morgan fingerprint density at radius 2 is 1.83 bits per heavy atom. The van der Waals surface area contributed by atoms with Crippen LogP contribution in [-0.4, -0.2) is 6.36 Å². The molecule has 0 aliphatic heterocycles. The van der Waals surface area contributed by atoms with Crippen molar-refractivity contribution in [2.45, 2.75) is 18.7 Å². The third-order valence-corrected chi connectivity index (χ3v) is 3.45. The number of hydrogen-bond donors (Lipinski definition) is 1. The van der Waals surface area contributed by atoms with Crippen molar-refractivity contribution in [1.29, 1.82) is 5.26 Å². The largest absolute Gasteiger partial charge is 0.573 e. The zero-order valence-electron chi connectivity index (χ0n) is 11.8. The van der Waals surface area contributed by atoms with Gasteiger partial charge in [-0.3, -0.25) is 0 Å². The fourth-order valence-corrected chi connectivity index (χ4v) is 2.32. The number of nitriles is 1. The average Bonchev–Trinajstić information content (AvgIpc) is 2.47. The minimum atomic E-state index is -4.80. The molecule has 0 heterocycles. The predicted molar refractivity (Wildman–Crippen MR) is 81.0 cm³/mol. The zero-order valence-corrected chi connectivity index (χ0v) is 12.5. The van der Waals surface area contributed by atoms with E-state index in [1.165, 1.54) is 12.1 Å². The minimum Gasteiger partial charge on any atom is -0.404 e. The fraction of sp³-hybridized carbons (Fsp3) is 0.188. The highest BCUT2D eigenvalue weighted by Crippen LogP contribution is 2.32. The first kappa shape index (κ1) is 17.0. The number of nitrogens with zero attached hydrogens (tertiary/aromatic N) is 1. The normalized spacial score (nSPS) is 12.5. The number of nitrogen functional groups attached to an aromatic ring is 1.